The van der Waals surface area contributed by atoms with Crippen LogP contribution in [0, 0.1) is 6.92 Å². The second kappa shape index (κ2) is 6.42. The van der Waals surface area contributed by atoms with Gasteiger partial charge in [-0.05, 0) is 48.9 Å². The van der Waals surface area contributed by atoms with E-state index in [1.807, 2.05) is 6.07 Å². The van der Waals surface area contributed by atoms with Crippen molar-refractivity contribution in [2.45, 2.75) is 39.5 Å². The molecular weight excluding hydrogens is 232 g/mol. The average molecular weight is 254 g/mol. The van der Waals surface area contributed by atoms with Gasteiger partial charge < -0.3 is 5.11 Å². The smallest absolute Gasteiger partial charge is 0.119 e. The van der Waals surface area contributed by atoms with Crippen LogP contribution in [-0.2, 0) is 19.3 Å². The molecule has 0 saturated heterocycles. The molecule has 0 saturated carbocycles. The lowest BCUT2D eigenvalue weighted by Crippen LogP contribution is -1.98. The van der Waals surface area contributed by atoms with Gasteiger partial charge in [0.25, 0.3) is 0 Å². The van der Waals surface area contributed by atoms with E-state index in [1.165, 1.54) is 16.7 Å². The Labute approximate surface area is 115 Å². The maximum Gasteiger partial charge on any atom is 0.119 e. The fourth-order valence-corrected chi connectivity index (χ4v) is 2.55. The molecule has 2 aromatic rings. The summed E-state index contributed by atoms with van der Waals surface area (Å²) in [6.45, 7) is 4.29. The Morgan fingerprint density at radius 3 is 2.47 bits per heavy atom. The van der Waals surface area contributed by atoms with Crippen LogP contribution in [0.5, 0.6) is 5.75 Å². The fraction of sp³-hybridized carbons (Fsp3) is 0.333. The number of phenolic OH excluding ortho intramolecular Hbond substituents is 1. The van der Waals surface area contributed by atoms with Crippen molar-refractivity contribution in [3.05, 3.63) is 64.7 Å². The molecular formula is C18H22O. The number of hydrogen-bond acceptors (Lipinski definition) is 1. The molecule has 2 rings (SSSR count). The van der Waals surface area contributed by atoms with Crippen molar-refractivity contribution in [3.63, 3.8) is 0 Å². The molecule has 100 valence electrons. The van der Waals surface area contributed by atoms with Gasteiger partial charge in [-0.3, -0.25) is 0 Å². The van der Waals surface area contributed by atoms with Crippen LogP contribution < -0.4 is 0 Å². The zero-order valence-corrected chi connectivity index (χ0v) is 11.8. The predicted molar refractivity (Wildman–Crippen MR) is 80.7 cm³/mol. The van der Waals surface area contributed by atoms with Gasteiger partial charge in [-0.1, -0.05) is 55.3 Å². The van der Waals surface area contributed by atoms with Crippen molar-refractivity contribution in [3.8, 4) is 5.75 Å². The summed E-state index contributed by atoms with van der Waals surface area (Å²) < 4.78 is 0. The molecule has 0 aliphatic heterocycles. The van der Waals surface area contributed by atoms with Gasteiger partial charge in [0.15, 0.2) is 0 Å². The molecule has 0 aliphatic rings. The Bertz CT molecular complexity index is 543. The highest BCUT2D eigenvalue weighted by atomic mass is 16.3. The van der Waals surface area contributed by atoms with E-state index in [4.69, 9.17) is 0 Å². The summed E-state index contributed by atoms with van der Waals surface area (Å²) in [6, 6.07) is 14.5. The van der Waals surface area contributed by atoms with Crippen molar-refractivity contribution in [2.75, 3.05) is 0 Å². The molecule has 1 N–H and O–H groups in total. The van der Waals surface area contributed by atoms with Crippen molar-refractivity contribution in [2.24, 2.45) is 0 Å². The minimum Gasteiger partial charge on any atom is -0.508 e. The summed E-state index contributed by atoms with van der Waals surface area (Å²) >= 11 is 0. The van der Waals surface area contributed by atoms with E-state index < -0.39 is 0 Å². The summed E-state index contributed by atoms with van der Waals surface area (Å²) in [5, 5.41) is 10.1. The van der Waals surface area contributed by atoms with Gasteiger partial charge in [-0.2, -0.15) is 0 Å². The molecule has 0 heterocycles. The zero-order valence-electron chi connectivity index (χ0n) is 11.8. The first kappa shape index (κ1) is 13.7. The minimum absolute atomic E-state index is 0.443. The van der Waals surface area contributed by atoms with Gasteiger partial charge in [0, 0.05) is 0 Å². The lowest BCUT2D eigenvalue weighted by molar-refractivity contribution is 0.466. The van der Waals surface area contributed by atoms with Gasteiger partial charge in [0.2, 0.25) is 0 Å². The van der Waals surface area contributed by atoms with Crippen molar-refractivity contribution in [1.82, 2.24) is 0 Å². The van der Waals surface area contributed by atoms with Crippen LogP contribution in [0.25, 0.3) is 0 Å². The third-order valence-electron chi connectivity index (χ3n) is 3.51. The number of phenols is 1. The van der Waals surface area contributed by atoms with Gasteiger partial charge >= 0.3 is 0 Å². The largest absolute Gasteiger partial charge is 0.508 e. The van der Waals surface area contributed by atoms with Crippen LogP contribution in [0.2, 0.25) is 0 Å². The van der Waals surface area contributed by atoms with Crippen molar-refractivity contribution in [1.29, 1.82) is 0 Å². The Morgan fingerprint density at radius 2 is 1.74 bits per heavy atom. The fourth-order valence-electron chi connectivity index (χ4n) is 2.55. The molecule has 1 nitrogen and oxygen atoms in total. The maximum atomic E-state index is 10.1. The van der Waals surface area contributed by atoms with E-state index in [1.54, 1.807) is 6.07 Å². The quantitative estimate of drug-likeness (QED) is 0.836. The van der Waals surface area contributed by atoms with E-state index in [9.17, 15) is 5.11 Å². The van der Waals surface area contributed by atoms with Crippen molar-refractivity contribution >= 4 is 0 Å². The van der Waals surface area contributed by atoms with Crippen LogP contribution in [0.15, 0.2) is 42.5 Å². The molecule has 0 aliphatic carbocycles. The van der Waals surface area contributed by atoms with E-state index in [2.05, 4.69) is 44.2 Å². The van der Waals surface area contributed by atoms with E-state index in [0.29, 0.717) is 5.75 Å². The molecule has 0 unspecified atom stereocenters. The minimum atomic E-state index is 0.443. The number of aryl methyl sites for hydroxylation is 3. The van der Waals surface area contributed by atoms with E-state index in [0.717, 1.165) is 31.2 Å². The summed E-state index contributed by atoms with van der Waals surface area (Å²) in [6.07, 6.45) is 4.04. The van der Waals surface area contributed by atoms with Crippen molar-refractivity contribution < 1.29 is 5.11 Å². The summed E-state index contributed by atoms with van der Waals surface area (Å²) in [7, 11) is 0. The Morgan fingerprint density at radius 1 is 0.947 bits per heavy atom. The van der Waals surface area contributed by atoms with Crippen LogP contribution in [0.1, 0.15) is 35.6 Å². The molecule has 0 spiro atoms. The molecule has 0 radical (unpaired) electrons. The first-order chi connectivity index (χ1) is 9.20. The van der Waals surface area contributed by atoms with Crippen LogP contribution in [0.3, 0.4) is 0 Å². The molecule has 0 atom stereocenters. The second-order valence-electron chi connectivity index (χ2n) is 5.15. The Balaban J connectivity index is 2.14. The lowest BCUT2D eigenvalue weighted by atomic mass is 9.96. The third-order valence-corrected chi connectivity index (χ3v) is 3.51. The first-order valence-electron chi connectivity index (χ1n) is 7.06. The summed E-state index contributed by atoms with van der Waals surface area (Å²) in [5.41, 5.74) is 5.04. The van der Waals surface area contributed by atoms with Crippen LogP contribution in [0.4, 0.5) is 0 Å². The van der Waals surface area contributed by atoms with Gasteiger partial charge in [-0.15, -0.1) is 0 Å². The summed E-state index contributed by atoms with van der Waals surface area (Å²) in [4.78, 5) is 0. The third kappa shape index (κ3) is 3.60. The van der Waals surface area contributed by atoms with Gasteiger partial charge in [0.05, 0.1) is 0 Å². The van der Waals surface area contributed by atoms with E-state index >= 15 is 0 Å². The molecule has 19 heavy (non-hydrogen) atoms. The second-order valence-corrected chi connectivity index (χ2v) is 5.15. The molecule has 0 bridgehead atoms. The van der Waals surface area contributed by atoms with Crippen LogP contribution in [-0.4, -0.2) is 5.11 Å². The molecule has 0 aromatic heterocycles. The standard InChI is InChI=1S/C18H22O/c1-3-6-16-9-5-10-18(19)17(16)12-11-15-8-4-7-14(2)13-15/h4-5,7-10,13,19H,3,6,11-12H2,1-2H3. The number of rotatable bonds is 5. The van der Waals surface area contributed by atoms with E-state index in [-0.39, 0.29) is 0 Å². The van der Waals surface area contributed by atoms with Crippen LogP contribution >= 0.6 is 0 Å². The highest BCUT2D eigenvalue weighted by Crippen LogP contribution is 2.24. The molecule has 0 amide bonds. The topological polar surface area (TPSA) is 20.2 Å². The summed E-state index contributed by atoms with van der Waals surface area (Å²) in [5.74, 6) is 0.443. The number of benzene rings is 2. The van der Waals surface area contributed by atoms with Gasteiger partial charge in [0.1, 0.15) is 5.75 Å². The molecule has 0 fully saturated rings. The molecule has 1 heteroatoms. The first-order valence-corrected chi connectivity index (χ1v) is 7.06. The highest BCUT2D eigenvalue weighted by Gasteiger charge is 2.07. The predicted octanol–water partition coefficient (Wildman–Crippen LogP) is 4.44. The monoisotopic (exact) mass is 254 g/mol. The number of hydrogen-bond donors (Lipinski definition) is 1. The Kier molecular flexibility index (Phi) is 4.62. The average Bonchev–Trinajstić information content (AvgIpc) is 2.38. The normalized spacial score (nSPS) is 10.6. The maximum absolute atomic E-state index is 10.1. The molecule has 2 aromatic carbocycles. The highest BCUT2D eigenvalue weighted by molar-refractivity contribution is 5.40. The van der Waals surface area contributed by atoms with Gasteiger partial charge in [-0.25, -0.2) is 0 Å². The number of aromatic hydroxyl groups is 1. The SMILES string of the molecule is CCCc1cccc(O)c1CCc1cccc(C)c1. The Hall–Kier alpha value is -1.76. The lowest BCUT2D eigenvalue weighted by Gasteiger charge is -2.11. The zero-order chi connectivity index (χ0) is 13.7.